The average Bonchev–Trinajstić information content (AvgIpc) is 3.04. The van der Waals surface area contributed by atoms with Gasteiger partial charge in [-0.25, -0.2) is 4.39 Å². The van der Waals surface area contributed by atoms with Crippen LogP contribution in [-0.4, -0.2) is 23.0 Å². The Hall–Kier alpha value is -2.66. The third-order valence-corrected chi connectivity index (χ3v) is 3.73. The van der Waals surface area contributed by atoms with Gasteiger partial charge in [-0.15, -0.1) is 0 Å². The average molecular weight is 345 g/mol. The number of nitrogens with zero attached hydrogens (tertiary/aromatic N) is 2. The van der Waals surface area contributed by atoms with Crippen LogP contribution in [0.5, 0.6) is 0 Å². The van der Waals surface area contributed by atoms with E-state index in [1.54, 1.807) is 31.3 Å². The molecule has 0 saturated heterocycles. The van der Waals surface area contributed by atoms with Crippen LogP contribution in [0.1, 0.15) is 16.1 Å². The molecule has 0 spiro atoms. The molecule has 0 radical (unpaired) electrons. The maximum absolute atomic E-state index is 13.3. The van der Waals surface area contributed by atoms with Gasteiger partial charge in [0.25, 0.3) is 5.91 Å². The molecule has 3 aromatic rings. The van der Waals surface area contributed by atoms with E-state index in [-0.39, 0.29) is 17.5 Å². The third-order valence-electron chi connectivity index (χ3n) is 3.50. The van der Waals surface area contributed by atoms with Gasteiger partial charge in [-0.3, -0.25) is 4.79 Å². The molecule has 0 aliphatic rings. The predicted octanol–water partition coefficient (Wildman–Crippen LogP) is 4.41. The normalized spacial score (nSPS) is 10.6. The van der Waals surface area contributed by atoms with Crippen LogP contribution in [0.25, 0.3) is 11.3 Å². The van der Waals surface area contributed by atoms with E-state index in [0.717, 1.165) is 5.56 Å². The van der Waals surface area contributed by atoms with E-state index in [4.69, 9.17) is 16.1 Å². The van der Waals surface area contributed by atoms with Gasteiger partial charge in [-0.2, -0.15) is 0 Å². The van der Waals surface area contributed by atoms with Crippen molar-refractivity contribution in [3.63, 3.8) is 0 Å². The minimum Gasteiger partial charge on any atom is -0.350 e. The van der Waals surface area contributed by atoms with E-state index < -0.39 is 0 Å². The van der Waals surface area contributed by atoms with Crippen LogP contribution in [0.15, 0.2) is 59.1 Å². The van der Waals surface area contributed by atoms with Crippen molar-refractivity contribution in [2.75, 3.05) is 7.05 Å². The lowest BCUT2D eigenvalue weighted by molar-refractivity contribution is 0.0743. The Balaban J connectivity index is 1.75. The zero-order valence-corrected chi connectivity index (χ0v) is 13.6. The predicted molar refractivity (Wildman–Crippen MR) is 89.1 cm³/mol. The first-order valence-electron chi connectivity index (χ1n) is 7.25. The van der Waals surface area contributed by atoms with Gasteiger partial charge in [-0.05, 0) is 29.8 Å². The lowest BCUT2D eigenvalue weighted by atomic mass is 10.1. The quantitative estimate of drug-likeness (QED) is 0.704. The topological polar surface area (TPSA) is 46.3 Å². The maximum atomic E-state index is 13.3. The number of amides is 1. The summed E-state index contributed by atoms with van der Waals surface area (Å²) >= 11 is 5.95. The van der Waals surface area contributed by atoms with Gasteiger partial charge in [0.05, 0.1) is 0 Å². The highest BCUT2D eigenvalue weighted by molar-refractivity contribution is 6.30. The van der Waals surface area contributed by atoms with Crippen molar-refractivity contribution in [3.8, 4) is 11.3 Å². The molecule has 122 valence electrons. The minimum absolute atomic E-state index is 0.0961. The number of hydrogen-bond donors (Lipinski definition) is 0. The summed E-state index contributed by atoms with van der Waals surface area (Å²) in [6.45, 7) is 0.384. The maximum Gasteiger partial charge on any atom is 0.292 e. The van der Waals surface area contributed by atoms with Gasteiger partial charge >= 0.3 is 0 Å². The Morgan fingerprint density at radius 3 is 2.75 bits per heavy atom. The molecule has 1 heterocycles. The molecule has 3 rings (SSSR count). The molecule has 0 unspecified atom stereocenters. The number of aromatic nitrogens is 1. The second kappa shape index (κ2) is 6.84. The summed E-state index contributed by atoms with van der Waals surface area (Å²) < 4.78 is 18.4. The SMILES string of the molecule is CN(Cc1cccc(Cl)c1)C(=O)c1cc(-c2cccc(F)c2)no1. The standard InChI is InChI=1S/C18H14ClFN2O2/c1-22(11-12-4-2-6-14(19)8-12)18(23)17-10-16(21-24-17)13-5-3-7-15(20)9-13/h2-10H,11H2,1H3. The summed E-state index contributed by atoms with van der Waals surface area (Å²) in [5.41, 5.74) is 1.87. The van der Waals surface area contributed by atoms with Crippen LogP contribution in [0.2, 0.25) is 5.02 Å². The Bertz CT molecular complexity index is 879. The molecule has 0 N–H and O–H groups in total. The summed E-state index contributed by atoms with van der Waals surface area (Å²) in [4.78, 5) is 13.9. The van der Waals surface area contributed by atoms with Gasteiger partial charge in [-0.1, -0.05) is 41.0 Å². The van der Waals surface area contributed by atoms with Crippen molar-refractivity contribution in [1.82, 2.24) is 10.1 Å². The lowest BCUT2D eigenvalue weighted by Gasteiger charge is -2.15. The van der Waals surface area contributed by atoms with Crippen molar-refractivity contribution < 1.29 is 13.7 Å². The van der Waals surface area contributed by atoms with Crippen LogP contribution in [0, 0.1) is 5.82 Å². The highest BCUT2D eigenvalue weighted by Crippen LogP contribution is 2.21. The molecule has 24 heavy (non-hydrogen) atoms. The molecular formula is C18H14ClFN2O2. The van der Waals surface area contributed by atoms with Gasteiger partial charge in [0, 0.05) is 30.2 Å². The van der Waals surface area contributed by atoms with Crippen LogP contribution < -0.4 is 0 Å². The molecule has 0 saturated carbocycles. The van der Waals surface area contributed by atoms with E-state index in [1.807, 2.05) is 12.1 Å². The molecule has 0 atom stereocenters. The molecule has 0 aliphatic heterocycles. The Morgan fingerprint density at radius 2 is 2.00 bits per heavy atom. The molecule has 4 nitrogen and oxygen atoms in total. The summed E-state index contributed by atoms with van der Waals surface area (Å²) in [6.07, 6.45) is 0. The van der Waals surface area contributed by atoms with Crippen molar-refractivity contribution in [2.24, 2.45) is 0 Å². The van der Waals surface area contributed by atoms with E-state index in [0.29, 0.717) is 22.8 Å². The highest BCUT2D eigenvalue weighted by Gasteiger charge is 2.18. The molecule has 0 bridgehead atoms. The van der Waals surface area contributed by atoms with Crippen molar-refractivity contribution in [3.05, 3.63) is 76.8 Å². The molecule has 0 aliphatic carbocycles. The second-order valence-electron chi connectivity index (χ2n) is 5.38. The minimum atomic E-state index is -0.374. The fourth-order valence-electron chi connectivity index (χ4n) is 2.33. The molecule has 1 aromatic heterocycles. The number of hydrogen-bond acceptors (Lipinski definition) is 3. The van der Waals surface area contributed by atoms with Gasteiger partial charge in [0.2, 0.25) is 5.76 Å². The largest absolute Gasteiger partial charge is 0.350 e. The van der Waals surface area contributed by atoms with Crippen LogP contribution >= 0.6 is 11.6 Å². The first kappa shape index (κ1) is 16.2. The van der Waals surface area contributed by atoms with E-state index >= 15 is 0 Å². The molecule has 0 fully saturated rings. The second-order valence-corrected chi connectivity index (χ2v) is 5.81. The Kier molecular flexibility index (Phi) is 4.62. The Labute approximate surface area is 143 Å². The number of rotatable bonds is 4. The summed E-state index contributed by atoms with van der Waals surface area (Å²) in [7, 11) is 1.66. The summed E-state index contributed by atoms with van der Waals surface area (Å²) in [5.74, 6) is -0.592. The van der Waals surface area contributed by atoms with E-state index in [9.17, 15) is 9.18 Å². The van der Waals surface area contributed by atoms with Crippen LogP contribution in [0.4, 0.5) is 4.39 Å². The number of halogens is 2. The third kappa shape index (κ3) is 3.63. The van der Waals surface area contributed by atoms with Crippen LogP contribution in [0.3, 0.4) is 0 Å². The van der Waals surface area contributed by atoms with Crippen molar-refractivity contribution >= 4 is 17.5 Å². The monoisotopic (exact) mass is 344 g/mol. The van der Waals surface area contributed by atoms with E-state index in [2.05, 4.69) is 5.16 Å². The van der Waals surface area contributed by atoms with E-state index in [1.165, 1.54) is 23.1 Å². The number of benzene rings is 2. The van der Waals surface area contributed by atoms with Crippen molar-refractivity contribution in [2.45, 2.75) is 6.54 Å². The van der Waals surface area contributed by atoms with Gasteiger partial charge in [0.1, 0.15) is 11.5 Å². The molecule has 2 aromatic carbocycles. The summed E-state index contributed by atoms with van der Waals surface area (Å²) in [5, 5.41) is 4.45. The smallest absolute Gasteiger partial charge is 0.292 e. The van der Waals surface area contributed by atoms with Gasteiger partial charge < -0.3 is 9.42 Å². The number of carbonyl (C=O) groups excluding carboxylic acids is 1. The fourth-order valence-corrected chi connectivity index (χ4v) is 2.54. The summed E-state index contributed by atoms with van der Waals surface area (Å²) in [6, 6.07) is 14.7. The fraction of sp³-hybridized carbons (Fsp3) is 0.111. The molecular weight excluding hydrogens is 331 g/mol. The lowest BCUT2D eigenvalue weighted by Crippen LogP contribution is -2.25. The molecule has 6 heteroatoms. The van der Waals surface area contributed by atoms with Crippen molar-refractivity contribution in [1.29, 1.82) is 0 Å². The van der Waals surface area contributed by atoms with Crippen LogP contribution in [-0.2, 0) is 6.54 Å². The molecule has 1 amide bonds. The Morgan fingerprint density at radius 1 is 1.21 bits per heavy atom. The number of carbonyl (C=O) groups is 1. The first-order valence-corrected chi connectivity index (χ1v) is 7.63. The van der Waals surface area contributed by atoms with Gasteiger partial charge in [0.15, 0.2) is 0 Å². The zero-order valence-electron chi connectivity index (χ0n) is 12.9. The zero-order chi connectivity index (χ0) is 17.1. The first-order chi connectivity index (χ1) is 11.5. The highest BCUT2D eigenvalue weighted by atomic mass is 35.5.